The SMILES string of the molecule is COCc1nc2nc(-c3ccccc3)c(-c3ccnc(OC)c3)cc2n1C. The summed E-state index contributed by atoms with van der Waals surface area (Å²) in [5.41, 5.74) is 5.55. The molecule has 136 valence electrons. The number of hydrogen-bond acceptors (Lipinski definition) is 5. The van der Waals surface area contributed by atoms with Crippen molar-refractivity contribution in [3.63, 3.8) is 0 Å². The summed E-state index contributed by atoms with van der Waals surface area (Å²) in [6.45, 7) is 0.436. The lowest BCUT2D eigenvalue weighted by Gasteiger charge is -2.11. The van der Waals surface area contributed by atoms with Crippen LogP contribution >= 0.6 is 0 Å². The summed E-state index contributed by atoms with van der Waals surface area (Å²) >= 11 is 0. The minimum atomic E-state index is 0.436. The molecule has 0 bridgehead atoms. The maximum Gasteiger partial charge on any atom is 0.213 e. The lowest BCUT2D eigenvalue weighted by Crippen LogP contribution is -1.99. The normalized spacial score (nSPS) is 11.1. The Hall–Kier alpha value is -3.25. The third-order valence-corrected chi connectivity index (χ3v) is 4.54. The molecule has 6 nitrogen and oxygen atoms in total. The number of ether oxygens (including phenoxy) is 2. The molecule has 0 atom stereocenters. The quantitative estimate of drug-likeness (QED) is 0.541. The zero-order chi connectivity index (χ0) is 18.8. The first-order valence-electron chi connectivity index (χ1n) is 8.62. The topological polar surface area (TPSA) is 62.1 Å². The number of benzene rings is 1. The number of imidazole rings is 1. The van der Waals surface area contributed by atoms with Crippen LogP contribution in [0.1, 0.15) is 5.82 Å². The van der Waals surface area contributed by atoms with Gasteiger partial charge in [0.25, 0.3) is 0 Å². The second-order valence-electron chi connectivity index (χ2n) is 6.20. The van der Waals surface area contributed by atoms with Gasteiger partial charge in [-0.25, -0.2) is 15.0 Å². The number of hydrogen-bond donors (Lipinski definition) is 0. The van der Waals surface area contributed by atoms with E-state index in [0.29, 0.717) is 18.1 Å². The third-order valence-electron chi connectivity index (χ3n) is 4.54. The van der Waals surface area contributed by atoms with Crippen molar-refractivity contribution in [2.45, 2.75) is 6.61 Å². The predicted octanol–water partition coefficient (Wildman–Crippen LogP) is 3.85. The first-order valence-corrected chi connectivity index (χ1v) is 8.62. The molecule has 0 N–H and O–H groups in total. The molecule has 1 aromatic carbocycles. The van der Waals surface area contributed by atoms with Gasteiger partial charge in [-0.1, -0.05) is 30.3 Å². The van der Waals surface area contributed by atoms with E-state index in [0.717, 1.165) is 33.7 Å². The molecule has 0 radical (unpaired) electrons. The summed E-state index contributed by atoms with van der Waals surface area (Å²) in [6, 6.07) is 16.1. The van der Waals surface area contributed by atoms with Crippen LogP contribution in [-0.2, 0) is 18.4 Å². The number of aromatic nitrogens is 4. The number of nitrogens with zero attached hydrogens (tertiary/aromatic N) is 4. The lowest BCUT2D eigenvalue weighted by molar-refractivity contribution is 0.176. The minimum absolute atomic E-state index is 0.436. The minimum Gasteiger partial charge on any atom is -0.481 e. The zero-order valence-electron chi connectivity index (χ0n) is 15.5. The van der Waals surface area contributed by atoms with Crippen LogP contribution < -0.4 is 4.74 Å². The highest BCUT2D eigenvalue weighted by atomic mass is 16.5. The molecule has 3 heterocycles. The molecule has 4 aromatic rings. The van der Waals surface area contributed by atoms with Crippen LogP contribution in [0.25, 0.3) is 33.5 Å². The molecule has 6 heteroatoms. The Labute approximate surface area is 157 Å². The Kier molecular flexibility index (Phi) is 4.56. The largest absolute Gasteiger partial charge is 0.481 e. The molecule has 0 saturated carbocycles. The Morgan fingerprint density at radius 3 is 2.52 bits per heavy atom. The van der Waals surface area contributed by atoms with E-state index in [2.05, 4.69) is 28.2 Å². The van der Waals surface area contributed by atoms with Crippen molar-refractivity contribution in [3.05, 3.63) is 60.6 Å². The van der Waals surface area contributed by atoms with E-state index in [4.69, 9.17) is 14.5 Å². The Bertz CT molecular complexity index is 1090. The van der Waals surface area contributed by atoms with Crippen LogP contribution in [0.3, 0.4) is 0 Å². The van der Waals surface area contributed by atoms with Gasteiger partial charge in [0.05, 0.1) is 18.3 Å². The molecule has 0 unspecified atom stereocenters. The Balaban J connectivity index is 2.00. The highest BCUT2D eigenvalue weighted by Gasteiger charge is 2.16. The average Bonchev–Trinajstić information content (AvgIpc) is 3.03. The van der Waals surface area contributed by atoms with Gasteiger partial charge in [-0.3, -0.25) is 0 Å². The van der Waals surface area contributed by atoms with E-state index < -0.39 is 0 Å². The first kappa shape index (κ1) is 17.2. The fourth-order valence-electron chi connectivity index (χ4n) is 3.14. The summed E-state index contributed by atoms with van der Waals surface area (Å²) in [7, 11) is 5.26. The standard InChI is InChI=1S/C21H20N4O2/c1-25-17-12-16(15-9-10-22-19(11-15)27-3)20(14-7-5-4-6-8-14)24-21(17)23-18(25)13-26-2/h4-12H,13H2,1-3H3. The first-order chi connectivity index (χ1) is 13.2. The summed E-state index contributed by atoms with van der Waals surface area (Å²) in [6.07, 6.45) is 1.74. The fourth-order valence-corrected chi connectivity index (χ4v) is 3.14. The van der Waals surface area contributed by atoms with Gasteiger partial charge in [0.15, 0.2) is 5.65 Å². The second-order valence-corrected chi connectivity index (χ2v) is 6.20. The molecule has 0 aliphatic heterocycles. The van der Waals surface area contributed by atoms with Gasteiger partial charge >= 0.3 is 0 Å². The number of aryl methyl sites for hydroxylation is 1. The summed E-state index contributed by atoms with van der Waals surface area (Å²) in [5, 5.41) is 0. The van der Waals surface area contributed by atoms with Crippen molar-refractivity contribution < 1.29 is 9.47 Å². The molecule has 3 aromatic heterocycles. The van der Waals surface area contributed by atoms with E-state index >= 15 is 0 Å². The van der Waals surface area contributed by atoms with Gasteiger partial charge in [0.2, 0.25) is 5.88 Å². The van der Waals surface area contributed by atoms with Crippen molar-refractivity contribution >= 4 is 11.2 Å². The van der Waals surface area contributed by atoms with E-state index in [1.54, 1.807) is 20.4 Å². The summed E-state index contributed by atoms with van der Waals surface area (Å²) in [5.74, 6) is 1.40. The molecule has 0 saturated heterocycles. The van der Waals surface area contributed by atoms with Gasteiger partial charge in [-0.15, -0.1) is 0 Å². The molecule has 0 spiro atoms. The Morgan fingerprint density at radius 2 is 1.78 bits per heavy atom. The molecule has 0 amide bonds. The van der Waals surface area contributed by atoms with E-state index in [-0.39, 0.29) is 0 Å². The number of fused-ring (bicyclic) bond motifs is 1. The number of pyridine rings is 2. The molecule has 0 fully saturated rings. The fraction of sp³-hybridized carbons (Fsp3) is 0.190. The van der Waals surface area contributed by atoms with Gasteiger partial charge < -0.3 is 14.0 Å². The van der Waals surface area contributed by atoms with Crippen LogP contribution in [0.5, 0.6) is 5.88 Å². The second kappa shape index (κ2) is 7.17. The maximum absolute atomic E-state index is 5.30. The van der Waals surface area contributed by atoms with Gasteiger partial charge in [-0.2, -0.15) is 0 Å². The smallest absolute Gasteiger partial charge is 0.213 e. The van der Waals surface area contributed by atoms with Crippen molar-refractivity contribution in [2.75, 3.05) is 14.2 Å². The zero-order valence-corrected chi connectivity index (χ0v) is 15.5. The summed E-state index contributed by atoms with van der Waals surface area (Å²) < 4.78 is 12.6. The maximum atomic E-state index is 5.30. The van der Waals surface area contributed by atoms with Crippen molar-refractivity contribution in [3.8, 4) is 28.3 Å². The molecular weight excluding hydrogens is 340 g/mol. The average molecular weight is 360 g/mol. The van der Waals surface area contributed by atoms with E-state index in [9.17, 15) is 0 Å². The Morgan fingerprint density at radius 1 is 0.963 bits per heavy atom. The van der Waals surface area contributed by atoms with Crippen molar-refractivity contribution in [1.29, 1.82) is 0 Å². The number of methoxy groups -OCH3 is 2. The summed E-state index contributed by atoms with van der Waals surface area (Å²) in [4.78, 5) is 13.8. The van der Waals surface area contributed by atoms with Crippen LogP contribution in [-0.4, -0.2) is 33.7 Å². The van der Waals surface area contributed by atoms with Crippen molar-refractivity contribution in [2.24, 2.45) is 7.05 Å². The number of rotatable bonds is 5. The highest BCUT2D eigenvalue weighted by Crippen LogP contribution is 2.34. The highest BCUT2D eigenvalue weighted by molar-refractivity contribution is 5.89. The monoisotopic (exact) mass is 360 g/mol. The van der Waals surface area contributed by atoms with E-state index in [1.807, 2.05) is 41.9 Å². The van der Waals surface area contributed by atoms with Crippen LogP contribution in [0, 0.1) is 0 Å². The van der Waals surface area contributed by atoms with Gasteiger partial charge in [-0.05, 0) is 17.7 Å². The lowest BCUT2D eigenvalue weighted by atomic mass is 10.00. The molecule has 27 heavy (non-hydrogen) atoms. The van der Waals surface area contributed by atoms with Gasteiger partial charge in [0, 0.05) is 37.5 Å². The molecule has 4 rings (SSSR count). The van der Waals surface area contributed by atoms with Crippen LogP contribution in [0.2, 0.25) is 0 Å². The van der Waals surface area contributed by atoms with Crippen molar-refractivity contribution in [1.82, 2.24) is 19.5 Å². The predicted molar refractivity (Wildman–Crippen MR) is 104 cm³/mol. The van der Waals surface area contributed by atoms with Crippen LogP contribution in [0.4, 0.5) is 0 Å². The molecule has 0 aliphatic rings. The molecule has 0 aliphatic carbocycles. The third kappa shape index (κ3) is 3.15. The molecular formula is C21H20N4O2. The van der Waals surface area contributed by atoms with Crippen LogP contribution in [0.15, 0.2) is 54.7 Å². The van der Waals surface area contributed by atoms with Gasteiger partial charge in [0.1, 0.15) is 12.4 Å². The van der Waals surface area contributed by atoms with E-state index in [1.165, 1.54) is 0 Å².